The second-order valence-corrected chi connectivity index (χ2v) is 4.59. The quantitative estimate of drug-likeness (QED) is 0.554. The molecule has 72 valence electrons. The molecule has 0 aromatic carbocycles. The van der Waals surface area contributed by atoms with E-state index in [1.807, 2.05) is 0 Å². The van der Waals surface area contributed by atoms with Gasteiger partial charge in [-0.1, -0.05) is 53.7 Å². The van der Waals surface area contributed by atoms with Gasteiger partial charge in [0, 0.05) is 0 Å². The van der Waals surface area contributed by atoms with E-state index < -0.39 is 0 Å². The fourth-order valence-corrected chi connectivity index (χ4v) is 0.795. The highest BCUT2D eigenvalue weighted by Gasteiger charge is 2.05. The van der Waals surface area contributed by atoms with Crippen LogP contribution in [-0.2, 0) is 0 Å². The molecule has 12 heavy (non-hydrogen) atoms. The second-order valence-electron chi connectivity index (χ2n) is 4.59. The maximum atomic E-state index is 2.36. The van der Waals surface area contributed by atoms with Crippen LogP contribution < -0.4 is 0 Å². The largest absolute Gasteiger partial charge is 0.0852 e. The number of hydrogen-bond donors (Lipinski definition) is 0. The number of hydrogen-bond acceptors (Lipinski definition) is 0. The Bertz CT molecular complexity index is 115. The Morgan fingerprint density at radius 3 is 1.00 bits per heavy atom. The van der Waals surface area contributed by atoms with Crippen LogP contribution >= 0.6 is 0 Å². The van der Waals surface area contributed by atoms with Gasteiger partial charge >= 0.3 is 0 Å². The minimum absolute atomic E-state index is 0.714. The van der Waals surface area contributed by atoms with Crippen molar-refractivity contribution < 1.29 is 0 Å². The molecule has 0 N–H and O–H groups in total. The lowest BCUT2D eigenvalue weighted by Crippen LogP contribution is -2.03. The monoisotopic (exact) mass is 168 g/mol. The molecule has 0 heterocycles. The summed E-state index contributed by atoms with van der Waals surface area (Å²) < 4.78 is 0. The molecular weight excluding hydrogens is 144 g/mol. The summed E-state index contributed by atoms with van der Waals surface area (Å²) in [4.78, 5) is 0. The summed E-state index contributed by atoms with van der Waals surface area (Å²) in [6, 6.07) is 0. The Labute approximate surface area is 78.1 Å². The van der Waals surface area contributed by atoms with Crippen LogP contribution in [0.2, 0.25) is 0 Å². The molecular formula is C12H24. The van der Waals surface area contributed by atoms with Crippen LogP contribution in [0.3, 0.4) is 0 Å². The molecule has 0 radical (unpaired) electrons. The normalized spacial score (nSPS) is 17.7. The number of rotatable bonds is 4. The van der Waals surface area contributed by atoms with Crippen molar-refractivity contribution in [3.63, 3.8) is 0 Å². The van der Waals surface area contributed by atoms with E-state index in [1.165, 1.54) is 0 Å². The SMILES string of the molecule is CC(C)C(C)/C=C\C(C)C(C)C. The molecule has 0 heteroatoms. The van der Waals surface area contributed by atoms with Crippen molar-refractivity contribution in [3.8, 4) is 0 Å². The Hall–Kier alpha value is -0.260. The minimum Gasteiger partial charge on any atom is -0.0852 e. The molecule has 0 aliphatic rings. The highest BCUT2D eigenvalue weighted by atomic mass is 14.1. The molecule has 0 rings (SSSR count). The van der Waals surface area contributed by atoms with Crippen molar-refractivity contribution in [2.45, 2.75) is 41.5 Å². The van der Waals surface area contributed by atoms with Gasteiger partial charge < -0.3 is 0 Å². The van der Waals surface area contributed by atoms with Gasteiger partial charge in [0.2, 0.25) is 0 Å². The lowest BCUT2D eigenvalue weighted by atomic mass is 9.92. The topological polar surface area (TPSA) is 0 Å². The van der Waals surface area contributed by atoms with E-state index in [9.17, 15) is 0 Å². The smallest absolute Gasteiger partial charge is 0.0239 e. The van der Waals surface area contributed by atoms with Gasteiger partial charge in [-0.2, -0.15) is 0 Å². The second kappa shape index (κ2) is 5.40. The van der Waals surface area contributed by atoms with Crippen LogP contribution in [0.15, 0.2) is 12.2 Å². The molecule has 0 saturated carbocycles. The molecule has 0 fully saturated rings. The van der Waals surface area contributed by atoms with Crippen LogP contribution in [0.5, 0.6) is 0 Å². The Kier molecular flexibility index (Phi) is 5.28. The molecule has 0 aromatic rings. The predicted molar refractivity (Wildman–Crippen MR) is 57.1 cm³/mol. The zero-order valence-electron chi connectivity index (χ0n) is 9.46. The van der Waals surface area contributed by atoms with Gasteiger partial charge in [0.1, 0.15) is 0 Å². The minimum atomic E-state index is 0.714. The first-order valence-corrected chi connectivity index (χ1v) is 5.13. The lowest BCUT2D eigenvalue weighted by Gasteiger charge is -2.13. The third kappa shape index (κ3) is 4.58. The first kappa shape index (κ1) is 11.7. The van der Waals surface area contributed by atoms with E-state index in [4.69, 9.17) is 0 Å². The summed E-state index contributed by atoms with van der Waals surface area (Å²) in [6.45, 7) is 13.7. The zero-order chi connectivity index (χ0) is 9.72. The van der Waals surface area contributed by atoms with Gasteiger partial charge in [0.05, 0.1) is 0 Å². The highest BCUT2D eigenvalue weighted by Crippen LogP contribution is 2.16. The van der Waals surface area contributed by atoms with E-state index >= 15 is 0 Å². The van der Waals surface area contributed by atoms with E-state index in [2.05, 4.69) is 53.7 Å². The van der Waals surface area contributed by atoms with Crippen LogP contribution in [0.1, 0.15) is 41.5 Å². The summed E-state index contributed by atoms with van der Waals surface area (Å²) >= 11 is 0. The van der Waals surface area contributed by atoms with Crippen molar-refractivity contribution in [2.75, 3.05) is 0 Å². The van der Waals surface area contributed by atoms with Gasteiger partial charge in [0.15, 0.2) is 0 Å². The Morgan fingerprint density at radius 2 is 0.833 bits per heavy atom. The average Bonchev–Trinajstić information content (AvgIpc) is 1.98. The highest BCUT2D eigenvalue weighted by molar-refractivity contribution is 4.91. The fraction of sp³-hybridized carbons (Fsp3) is 0.833. The molecule has 2 atom stereocenters. The van der Waals surface area contributed by atoms with Gasteiger partial charge in [-0.05, 0) is 23.7 Å². The fourth-order valence-electron chi connectivity index (χ4n) is 0.795. The maximum Gasteiger partial charge on any atom is -0.0239 e. The molecule has 0 bridgehead atoms. The lowest BCUT2D eigenvalue weighted by molar-refractivity contribution is 0.478. The molecule has 0 spiro atoms. The van der Waals surface area contributed by atoms with Crippen LogP contribution in [0, 0.1) is 23.7 Å². The molecule has 0 saturated heterocycles. The third-order valence-electron chi connectivity index (χ3n) is 2.82. The van der Waals surface area contributed by atoms with E-state index in [0.29, 0.717) is 11.8 Å². The van der Waals surface area contributed by atoms with Crippen molar-refractivity contribution in [3.05, 3.63) is 12.2 Å². The van der Waals surface area contributed by atoms with Crippen LogP contribution in [0.25, 0.3) is 0 Å². The molecule has 0 aromatic heterocycles. The maximum absolute atomic E-state index is 2.36. The summed E-state index contributed by atoms with van der Waals surface area (Å²) in [6.07, 6.45) is 4.71. The summed E-state index contributed by atoms with van der Waals surface area (Å²) in [5.41, 5.74) is 0. The first-order chi connectivity index (χ1) is 5.45. The zero-order valence-corrected chi connectivity index (χ0v) is 9.46. The van der Waals surface area contributed by atoms with Crippen molar-refractivity contribution in [1.29, 1.82) is 0 Å². The van der Waals surface area contributed by atoms with Crippen molar-refractivity contribution in [2.24, 2.45) is 23.7 Å². The molecule has 0 aliphatic heterocycles. The third-order valence-corrected chi connectivity index (χ3v) is 2.82. The Balaban J connectivity index is 3.89. The Morgan fingerprint density at radius 1 is 0.583 bits per heavy atom. The predicted octanol–water partition coefficient (Wildman–Crippen LogP) is 4.13. The van der Waals surface area contributed by atoms with Gasteiger partial charge in [-0.15, -0.1) is 0 Å². The van der Waals surface area contributed by atoms with Gasteiger partial charge in [-0.25, -0.2) is 0 Å². The van der Waals surface area contributed by atoms with Crippen molar-refractivity contribution >= 4 is 0 Å². The average molecular weight is 168 g/mol. The summed E-state index contributed by atoms with van der Waals surface area (Å²) in [5, 5.41) is 0. The number of allylic oxidation sites excluding steroid dienone is 2. The first-order valence-electron chi connectivity index (χ1n) is 5.13. The summed E-state index contributed by atoms with van der Waals surface area (Å²) in [7, 11) is 0. The van der Waals surface area contributed by atoms with Gasteiger partial charge in [-0.3, -0.25) is 0 Å². The van der Waals surface area contributed by atoms with Crippen LogP contribution in [0.4, 0.5) is 0 Å². The standard InChI is InChI=1S/C12H24/c1-9(2)11(5)7-8-12(6)10(3)4/h7-12H,1-6H3/b8-7-. The van der Waals surface area contributed by atoms with Gasteiger partial charge in [0.25, 0.3) is 0 Å². The van der Waals surface area contributed by atoms with E-state index in [0.717, 1.165) is 11.8 Å². The molecule has 2 unspecified atom stereocenters. The van der Waals surface area contributed by atoms with E-state index in [1.54, 1.807) is 0 Å². The molecule has 0 aliphatic carbocycles. The van der Waals surface area contributed by atoms with Crippen molar-refractivity contribution in [1.82, 2.24) is 0 Å². The molecule has 0 nitrogen and oxygen atoms in total. The van der Waals surface area contributed by atoms with Crippen LogP contribution in [-0.4, -0.2) is 0 Å². The summed E-state index contributed by atoms with van der Waals surface area (Å²) in [5.74, 6) is 2.96. The van der Waals surface area contributed by atoms with E-state index in [-0.39, 0.29) is 0 Å². The molecule has 0 amide bonds.